The Morgan fingerprint density at radius 3 is 2.49 bits per heavy atom. The number of nitrogens with two attached hydrogens (primary N) is 2. The van der Waals surface area contributed by atoms with Crippen LogP contribution in [-0.4, -0.2) is 137 Å². The number of esters is 1. The lowest BCUT2D eigenvalue weighted by Crippen LogP contribution is -2.76. The van der Waals surface area contributed by atoms with Gasteiger partial charge in [0.25, 0.3) is 0 Å². The molecule has 7 aliphatic heterocycles. The molecule has 5 aromatic rings. The maximum absolute atomic E-state index is 14.2. The molecule has 0 amide bonds. The van der Waals surface area contributed by atoms with Crippen LogP contribution in [0.3, 0.4) is 0 Å². The van der Waals surface area contributed by atoms with Gasteiger partial charge in [0, 0.05) is 65.0 Å². The molecule has 0 radical (unpaired) electrons. The van der Waals surface area contributed by atoms with Crippen LogP contribution >= 0.6 is 0 Å². The van der Waals surface area contributed by atoms with Gasteiger partial charge in [-0.05, 0) is 79.5 Å². The van der Waals surface area contributed by atoms with Crippen LogP contribution in [0, 0.1) is 46.3 Å². The zero-order valence-electron chi connectivity index (χ0n) is 43.3. The number of carbonyl (C=O) groups is 2. The number of nitrogens with one attached hydrogen (secondary N) is 1. The zero-order valence-corrected chi connectivity index (χ0v) is 43.3. The summed E-state index contributed by atoms with van der Waals surface area (Å²) in [7, 11) is 0. The second-order valence-electron chi connectivity index (χ2n) is 22.6. The molecule has 2 aromatic heterocycles. The normalized spacial score (nSPS) is 35.0. The molecule has 3 fully saturated rings. The molecule has 21 heteroatoms. The van der Waals surface area contributed by atoms with Crippen LogP contribution in [-0.2, 0) is 32.2 Å². The Hall–Kier alpha value is -6.86. The lowest BCUT2D eigenvalue weighted by molar-refractivity contribution is -0.359. The van der Waals surface area contributed by atoms with Crippen molar-refractivity contribution in [3.8, 4) is 52.4 Å². The van der Waals surface area contributed by atoms with Crippen molar-refractivity contribution in [1.29, 1.82) is 0 Å². The van der Waals surface area contributed by atoms with Gasteiger partial charge in [-0.2, -0.15) is 0 Å². The van der Waals surface area contributed by atoms with Crippen LogP contribution in [0.2, 0.25) is 0 Å². The number of carbonyl (C=O) groups excluding carboxylic acids is 1. The maximum Gasteiger partial charge on any atom is 0.333 e. The topological polar surface area (TPSA) is 333 Å². The summed E-state index contributed by atoms with van der Waals surface area (Å²) in [6.45, 7) is -1.53. The molecule has 9 heterocycles. The van der Waals surface area contributed by atoms with Crippen molar-refractivity contribution in [1.82, 2.24) is 9.55 Å². The molecule has 2 aliphatic carbocycles. The van der Waals surface area contributed by atoms with Crippen molar-refractivity contribution in [3.63, 3.8) is 0 Å². The van der Waals surface area contributed by atoms with E-state index in [2.05, 4.69) is 28.7 Å². The fourth-order valence-electron chi connectivity index (χ4n) is 15.3. The Bertz CT molecular complexity index is 3410. The van der Waals surface area contributed by atoms with Gasteiger partial charge in [-0.1, -0.05) is 60.1 Å². The number of fused-ring (bicyclic) bond motifs is 10. The molecule has 14 rings (SSSR count). The monoisotopic (exact) mass is 1100 g/mol. The van der Waals surface area contributed by atoms with E-state index in [1.807, 2.05) is 53.2 Å². The molecule has 13 N–H and O–H groups in total. The highest BCUT2D eigenvalue weighted by Crippen LogP contribution is 2.73. The standard InChI is InChI=1S/C59H62N4O17/c60-53(61)51-50-45(68)52(69)59(73)56(80-50)77-39-21-40-42(49-43-33-12-14-38(75-27-66)48(47(33)78-49)74-25-31(67)9-11-32(46(43)76-40)28-5-2-1-3-6-28)35(23-63-22-29-15-19-62-44(29)37(63)24-65)41(39)36-13-8-30(7-10-34(54(70)71)55(72)79-51)57(16-4-20-64)17-18-58(36,59)26-57/h1-3,5-6,12,14-15,19,21-22,30-32,34,36,43,45-46,49-53,56,62,64-69,73H,4,8,13,16-18,20,23-27,60-61H2,(H,70,71). The van der Waals surface area contributed by atoms with Crippen molar-refractivity contribution < 1.29 is 83.6 Å². The number of aliphatic hydroxyl groups excluding tert-OH is 6. The largest absolute Gasteiger partial charge is 0.487 e. The lowest BCUT2D eigenvalue weighted by atomic mass is 9.55. The van der Waals surface area contributed by atoms with E-state index in [0.717, 1.165) is 10.9 Å². The molecule has 16 unspecified atom stereocenters. The first-order valence-corrected chi connectivity index (χ1v) is 27.2. The van der Waals surface area contributed by atoms with Crippen molar-refractivity contribution in [2.45, 2.75) is 137 Å². The zero-order chi connectivity index (χ0) is 55.6. The number of nitrogens with zero attached hydrogens (tertiary/aromatic N) is 1. The number of aromatic amines is 1. The Labute approximate surface area is 458 Å². The molecule has 420 valence electrons. The molecule has 9 aliphatic rings. The van der Waals surface area contributed by atoms with E-state index >= 15 is 0 Å². The Balaban J connectivity index is 1.11. The number of hydrogen-bond donors (Lipinski definition) is 11. The number of carboxylic acid groups (broad SMARTS) is 1. The van der Waals surface area contributed by atoms with Crippen LogP contribution in [0.15, 0.2) is 67.0 Å². The smallest absolute Gasteiger partial charge is 0.333 e. The van der Waals surface area contributed by atoms with Crippen molar-refractivity contribution in [3.05, 3.63) is 101 Å². The first kappa shape index (κ1) is 52.5. The van der Waals surface area contributed by atoms with Gasteiger partial charge in [-0.15, -0.1) is 0 Å². The molecule has 10 bridgehead atoms. The van der Waals surface area contributed by atoms with Gasteiger partial charge >= 0.3 is 11.9 Å². The van der Waals surface area contributed by atoms with Crippen molar-refractivity contribution in [2.75, 3.05) is 20.0 Å². The summed E-state index contributed by atoms with van der Waals surface area (Å²) < 4.78 is 48.4. The average Bonchev–Trinajstić information content (AvgIpc) is 4.41. The summed E-state index contributed by atoms with van der Waals surface area (Å²) in [5, 5.41) is 94.0. The summed E-state index contributed by atoms with van der Waals surface area (Å²) in [4.78, 5) is 30.2. The summed E-state index contributed by atoms with van der Waals surface area (Å²) in [5.41, 5.74) is 12.1. The minimum atomic E-state index is -2.49. The Morgan fingerprint density at radius 2 is 1.73 bits per heavy atom. The Morgan fingerprint density at radius 1 is 0.912 bits per heavy atom. The SMILES string of the molecule is NC(N)C1OC(=O)C(C(=O)O)C#CC2CCC3c4c(cc5c(c4Cn4cc6cc[nH]c6c4CO)C4Oc6c7ccc(OCO)c6OCC(O)C#CC(c6ccccc6)C(O5)C74)OC4OC1C(O)C(O)C4(O)C31CCC2(CCCO)C1. The fourth-order valence-corrected chi connectivity index (χ4v) is 15.3. The summed E-state index contributed by atoms with van der Waals surface area (Å²) in [6.07, 6.45) is -8.89. The molecule has 16 atom stereocenters. The minimum Gasteiger partial charge on any atom is -0.487 e. The number of aromatic nitrogens is 2. The highest BCUT2D eigenvalue weighted by atomic mass is 16.7. The van der Waals surface area contributed by atoms with Crippen molar-refractivity contribution >= 4 is 22.8 Å². The lowest BCUT2D eigenvalue weighted by Gasteiger charge is -2.57. The van der Waals surface area contributed by atoms with Gasteiger partial charge < -0.3 is 95.0 Å². The Kier molecular flexibility index (Phi) is 12.9. The predicted octanol–water partition coefficient (Wildman–Crippen LogP) is 2.22. The maximum atomic E-state index is 14.2. The van der Waals surface area contributed by atoms with E-state index in [4.69, 9.17) is 44.6 Å². The number of ether oxygens (including phenoxy) is 7. The number of rotatable bonds is 11. The van der Waals surface area contributed by atoms with E-state index in [1.54, 1.807) is 18.3 Å². The van der Waals surface area contributed by atoms with E-state index in [9.17, 15) is 50.4 Å². The van der Waals surface area contributed by atoms with Crippen LogP contribution in [0.5, 0.6) is 28.7 Å². The van der Waals surface area contributed by atoms with Crippen LogP contribution in [0.1, 0.15) is 102 Å². The van der Waals surface area contributed by atoms with E-state index in [1.165, 1.54) is 0 Å². The van der Waals surface area contributed by atoms with Gasteiger partial charge in [-0.25, -0.2) is 0 Å². The van der Waals surface area contributed by atoms with Gasteiger partial charge in [0.05, 0.1) is 35.8 Å². The highest BCUT2D eigenvalue weighted by Gasteiger charge is 2.75. The highest BCUT2D eigenvalue weighted by molar-refractivity contribution is 5.97. The number of aliphatic carboxylic acids is 1. The number of hydrogen-bond acceptors (Lipinski definition) is 18. The van der Waals surface area contributed by atoms with Crippen LogP contribution < -0.4 is 35.2 Å². The average molecular weight is 1100 g/mol. The van der Waals surface area contributed by atoms with Crippen LogP contribution in [0.25, 0.3) is 10.9 Å². The van der Waals surface area contributed by atoms with Crippen LogP contribution in [0.4, 0.5) is 0 Å². The molecule has 2 saturated carbocycles. The summed E-state index contributed by atoms with van der Waals surface area (Å²) in [6, 6.07) is 16.6. The second kappa shape index (κ2) is 19.7. The number of H-pyrrole nitrogens is 1. The molecule has 21 nitrogen and oxygen atoms in total. The molecule has 1 spiro atoms. The third kappa shape index (κ3) is 7.78. The summed E-state index contributed by atoms with van der Waals surface area (Å²) in [5.74, 6) is 5.48. The van der Waals surface area contributed by atoms with Gasteiger partial charge in [0.15, 0.2) is 30.0 Å². The minimum absolute atomic E-state index is 0.0319. The van der Waals surface area contributed by atoms with E-state index in [-0.39, 0.29) is 80.8 Å². The molecular weight excluding hydrogens is 1040 g/mol. The van der Waals surface area contributed by atoms with Gasteiger partial charge in [0.2, 0.25) is 18.0 Å². The molecular formula is C59H62N4O17. The number of benzene rings is 3. The van der Waals surface area contributed by atoms with Gasteiger partial charge in [-0.3, -0.25) is 9.59 Å². The summed E-state index contributed by atoms with van der Waals surface area (Å²) >= 11 is 0. The third-order valence-electron chi connectivity index (χ3n) is 18.8. The van der Waals surface area contributed by atoms with E-state index < -0.39 is 120 Å². The first-order valence-electron chi connectivity index (χ1n) is 27.2. The number of carboxylic acids is 1. The van der Waals surface area contributed by atoms with Crippen molar-refractivity contribution in [2.24, 2.45) is 34.1 Å². The van der Waals surface area contributed by atoms with Gasteiger partial charge in [0.1, 0.15) is 54.7 Å². The molecule has 1 saturated heterocycles. The number of aliphatic hydroxyl groups is 7. The predicted molar refractivity (Wildman–Crippen MR) is 279 cm³/mol. The second-order valence-corrected chi connectivity index (χ2v) is 22.6. The quantitative estimate of drug-likeness (QED) is 0.0391. The molecule has 3 aromatic carbocycles. The van der Waals surface area contributed by atoms with E-state index in [0.29, 0.717) is 52.7 Å². The fraction of sp³-hybridized carbons (Fsp3) is 0.492. The third-order valence-corrected chi connectivity index (χ3v) is 18.8. The first-order chi connectivity index (χ1) is 38.6. The molecule has 80 heavy (non-hydrogen) atoms.